The summed E-state index contributed by atoms with van der Waals surface area (Å²) in [4.78, 5) is 0.380. The van der Waals surface area contributed by atoms with E-state index in [2.05, 4.69) is 0 Å². The van der Waals surface area contributed by atoms with E-state index in [1.165, 1.54) is 0 Å². The number of nitrogens with zero attached hydrogens (tertiary/aromatic N) is 2. The SMILES string of the molecule is CC1CCCCCN1S(=O)(=O)c1cc(CN)n(C(C)C)c1. The fourth-order valence-electron chi connectivity index (χ4n) is 3.02. The van der Waals surface area contributed by atoms with Gasteiger partial charge in [-0.05, 0) is 39.7 Å². The largest absolute Gasteiger partial charge is 0.346 e. The zero-order valence-electron chi connectivity index (χ0n) is 13.2. The third kappa shape index (κ3) is 3.33. The normalized spacial score (nSPS) is 21.7. The zero-order chi connectivity index (χ0) is 15.6. The summed E-state index contributed by atoms with van der Waals surface area (Å²) in [5.74, 6) is 0. The van der Waals surface area contributed by atoms with Crippen molar-refractivity contribution in [2.24, 2.45) is 5.73 Å². The molecule has 1 aromatic rings. The van der Waals surface area contributed by atoms with Gasteiger partial charge in [-0.15, -0.1) is 0 Å². The fourth-order valence-corrected chi connectivity index (χ4v) is 4.77. The molecule has 0 aromatic carbocycles. The maximum Gasteiger partial charge on any atom is 0.244 e. The molecule has 0 saturated carbocycles. The summed E-state index contributed by atoms with van der Waals surface area (Å²) >= 11 is 0. The maximum absolute atomic E-state index is 12.9. The Hall–Kier alpha value is -0.850. The van der Waals surface area contributed by atoms with E-state index in [0.29, 0.717) is 18.0 Å². The van der Waals surface area contributed by atoms with Crippen LogP contribution in [0.4, 0.5) is 0 Å². The minimum Gasteiger partial charge on any atom is -0.346 e. The minimum absolute atomic E-state index is 0.0706. The molecule has 1 unspecified atom stereocenters. The Labute approximate surface area is 128 Å². The second kappa shape index (κ2) is 6.50. The number of aromatic nitrogens is 1. The highest BCUT2D eigenvalue weighted by Gasteiger charge is 2.31. The van der Waals surface area contributed by atoms with Gasteiger partial charge in [0.25, 0.3) is 0 Å². The van der Waals surface area contributed by atoms with Crippen LogP contribution in [-0.2, 0) is 16.6 Å². The highest BCUT2D eigenvalue weighted by atomic mass is 32.2. The van der Waals surface area contributed by atoms with Gasteiger partial charge in [0.2, 0.25) is 10.0 Å². The van der Waals surface area contributed by atoms with E-state index < -0.39 is 10.0 Å². The van der Waals surface area contributed by atoms with Gasteiger partial charge < -0.3 is 10.3 Å². The van der Waals surface area contributed by atoms with Gasteiger partial charge in [0.15, 0.2) is 0 Å². The third-order valence-electron chi connectivity index (χ3n) is 4.27. The highest BCUT2D eigenvalue weighted by Crippen LogP contribution is 2.27. The standard InChI is InChI=1S/C15H27N3O2S/c1-12(2)17-11-15(9-14(17)10-16)21(19,20)18-8-6-4-5-7-13(18)3/h9,11-13H,4-8,10,16H2,1-3H3. The van der Waals surface area contributed by atoms with E-state index in [0.717, 1.165) is 31.4 Å². The first-order valence-corrected chi connectivity index (χ1v) is 9.24. The number of rotatable bonds is 4. The van der Waals surface area contributed by atoms with Gasteiger partial charge in [0.1, 0.15) is 4.90 Å². The van der Waals surface area contributed by atoms with Crippen LogP contribution in [0.25, 0.3) is 0 Å². The Morgan fingerprint density at radius 2 is 2.05 bits per heavy atom. The molecule has 21 heavy (non-hydrogen) atoms. The summed E-state index contributed by atoms with van der Waals surface area (Å²) in [6.45, 7) is 7.04. The average molecular weight is 313 g/mol. The van der Waals surface area contributed by atoms with E-state index in [4.69, 9.17) is 5.73 Å². The lowest BCUT2D eigenvalue weighted by Crippen LogP contribution is -2.38. The molecule has 6 heteroatoms. The quantitative estimate of drug-likeness (QED) is 0.928. The molecule has 1 fully saturated rings. The molecule has 2 N–H and O–H groups in total. The van der Waals surface area contributed by atoms with Crippen LogP contribution in [0.2, 0.25) is 0 Å². The number of nitrogens with two attached hydrogens (primary N) is 1. The minimum atomic E-state index is -3.42. The van der Waals surface area contributed by atoms with Gasteiger partial charge in [-0.2, -0.15) is 4.31 Å². The van der Waals surface area contributed by atoms with Crippen LogP contribution in [0.5, 0.6) is 0 Å². The van der Waals surface area contributed by atoms with Crippen molar-refractivity contribution >= 4 is 10.0 Å². The molecule has 0 amide bonds. The fraction of sp³-hybridized carbons (Fsp3) is 0.733. The lowest BCUT2D eigenvalue weighted by Gasteiger charge is -2.25. The predicted octanol–water partition coefficient (Wildman–Crippen LogP) is 2.48. The van der Waals surface area contributed by atoms with Crippen molar-refractivity contribution in [1.82, 2.24) is 8.87 Å². The van der Waals surface area contributed by atoms with Gasteiger partial charge in [0, 0.05) is 37.1 Å². The summed E-state index contributed by atoms with van der Waals surface area (Å²) in [5.41, 5.74) is 6.61. The second-order valence-electron chi connectivity index (χ2n) is 6.19. The van der Waals surface area contributed by atoms with Crippen LogP contribution in [0, 0.1) is 0 Å². The van der Waals surface area contributed by atoms with Crippen molar-refractivity contribution in [3.8, 4) is 0 Å². The molecule has 1 aliphatic heterocycles. The molecular weight excluding hydrogens is 286 g/mol. The summed E-state index contributed by atoms with van der Waals surface area (Å²) < 4.78 is 29.5. The molecule has 5 nitrogen and oxygen atoms in total. The van der Waals surface area contributed by atoms with E-state index in [1.54, 1.807) is 16.6 Å². The molecule has 2 heterocycles. The van der Waals surface area contributed by atoms with Crippen molar-refractivity contribution in [2.75, 3.05) is 6.54 Å². The van der Waals surface area contributed by atoms with Gasteiger partial charge >= 0.3 is 0 Å². The van der Waals surface area contributed by atoms with E-state index in [-0.39, 0.29) is 12.1 Å². The Kier molecular flexibility index (Phi) is 5.11. The van der Waals surface area contributed by atoms with Crippen LogP contribution in [-0.4, -0.2) is 29.9 Å². The number of hydrogen-bond donors (Lipinski definition) is 1. The van der Waals surface area contributed by atoms with Crippen LogP contribution in [0.3, 0.4) is 0 Å². The predicted molar refractivity (Wildman–Crippen MR) is 84.5 cm³/mol. The number of sulfonamides is 1. The smallest absolute Gasteiger partial charge is 0.244 e. The van der Waals surface area contributed by atoms with E-state index in [9.17, 15) is 8.42 Å². The summed E-state index contributed by atoms with van der Waals surface area (Å²) in [6, 6.07) is 2.00. The Morgan fingerprint density at radius 1 is 1.33 bits per heavy atom. The molecule has 0 spiro atoms. The first-order chi connectivity index (χ1) is 9.87. The third-order valence-corrected chi connectivity index (χ3v) is 6.25. The molecule has 1 aliphatic rings. The van der Waals surface area contributed by atoms with Crippen molar-refractivity contribution in [2.45, 2.75) is 70.0 Å². The van der Waals surface area contributed by atoms with Crippen molar-refractivity contribution < 1.29 is 8.42 Å². The summed E-state index contributed by atoms with van der Waals surface area (Å²) in [6.07, 6.45) is 5.83. The van der Waals surface area contributed by atoms with E-state index in [1.807, 2.05) is 25.3 Å². The Balaban J connectivity index is 2.38. The van der Waals surface area contributed by atoms with Crippen LogP contribution >= 0.6 is 0 Å². The molecule has 120 valence electrons. The lowest BCUT2D eigenvalue weighted by molar-refractivity contribution is 0.342. The molecule has 0 radical (unpaired) electrons. The lowest BCUT2D eigenvalue weighted by atomic mass is 10.1. The first kappa shape index (κ1) is 16.5. The van der Waals surface area contributed by atoms with Crippen molar-refractivity contribution in [1.29, 1.82) is 0 Å². The average Bonchev–Trinajstić information content (AvgIpc) is 2.76. The second-order valence-corrected chi connectivity index (χ2v) is 8.08. The molecule has 2 rings (SSSR count). The first-order valence-electron chi connectivity index (χ1n) is 7.80. The molecule has 1 saturated heterocycles. The summed E-state index contributed by atoms with van der Waals surface area (Å²) in [5, 5.41) is 0. The van der Waals surface area contributed by atoms with Gasteiger partial charge in [-0.1, -0.05) is 12.8 Å². The molecular formula is C15H27N3O2S. The topological polar surface area (TPSA) is 68.3 Å². The van der Waals surface area contributed by atoms with Gasteiger partial charge in [-0.3, -0.25) is 0 Å². The van der Waals surface area contributed by atoms with Crippen LogP contribution < -0.4 is 5.73 Å². The van der Waals surface area contributed by atoms with Gasteiger partial charge in [0.05, 0.1) is 0 Å². The molecule has 0 bridgehead atoms. The number of hydrogen-bond acceptors (Lipinski definition) is 3. The molecule has 0 aliphatic carbocycles. The van der Waals surface area contributed by atoms with Crippen LogP contribution in [0.1, 0.15) is 58.2 Å². The molecule has 1 atom stereocenters. The Morgan fingerprint density at radius 3 is 2.62 bits per heavy atom. The van der Waals surface area contributed by atoms with Crippen LogP contribution in [0.15, 0.2) is 17.2 Å². The summed E-state index contributed by atoms with van der Waals surface area (Å²) in [7, 11) is -3.42. The monoisotopic (exact) mass is 313 g/mol. The highest BCUT2D eigenvalue weighted by molar-refractivity contribution is 7.89. The van der Waals surface area contributed by atoms with Gasteiger partial charge in [-0.25, -0.2) is 8.42 Å². The Bertz CT molecular complexity index is 578. The van der Waals surface area contributed by atoms with Crippen molar-refractivity contribution in [3.05, 3.63) is 18.0 Å². The zero-order valence-corrected chi connectivity index (χ0v) is 14.1. The van der Waals surface area contributed by atoms with E-state index >= 15 is 0 Å². The van der Waals surface area contributed by atoms with Crippen molar-refractivity contribution in [3.63, 3.8) is 0 Å². The maximum atomic E-state index is 12.9. The molecule has 1 aromatic heterocycles.